The van der Waals surface area contributed by atoms with Gasteiger partial charge in [0.25, 0.3) is 0 Å². The van der Waals surface area contributed by atoms with Crippen LogP contribution in [0.1, 0.15) is 33.1 Å². The minimum Gasteiger partial charge on any atom is -0.380 e. The van der Waals surface area contributed by atoms with Gasteiger partial charge in [-0.2, -0.15) is 0 Å². The minimum atomic E-state index is -0.449. The summed E-state index contributed by atoms with van der Waals surface area (Å²) in [6.07, 6.45) is 2.87. The zero-order chi connectivity index (χ0) is 12.1. The second-order valence-corrected chi connectivity index (χ2v) is 4.64. The van der Waals surface area contributed by atoms with Gasteiger partial charge >= 0.3 is 0 Å². The molecule has 0 saturated heterocycles. The van der Waals surface area contributed by atoms with Crippen molar-refractivity contribution in [1.29, 1.82) is 0 Å². The highest BCUT2D eigenvalue weighted by Crippen LogP contribution is 2.24. The summed E-state index contributed by atoms with van der Waals surface area (Å²) in [7, 11) is 0. The maximum Gasteiger partial charge on any atom is 0.147 e. The molecule has 16 heavy (non-hydrogen) atoms. The van der Waals surface area contributed by atoms with Gasteiger partial charge in [0, 0.05) is 12.1 Å². The molecule has 4 heteroatoms. The molecule has 1 N–H and O–H groups in total. The van der Waals surface area contributed by atoms with Crippen LogP contribution in [0.25, 0.3) is 0 Å². The van der Waals surface area contributed by atoms with Gasteiger partial charge in [-0.25, -0.2) is 8.78 Å². The van der Waals surface area contributed by atoms with Crippen molar-refractivity contribution >= 4 is 21.6 Å². The molecule has 1 aromatic rings. The number of benzene rings is 1. The fraction of sp³-hybridized carbons (Fsp3) is 0.500. The Hall–Kier alpha value is -0.640. The average Bonchev–Trinajstić information content (AvgIpc) is 2.25. The molecule has 0 aromatic heterocycles. The van der Waals surface area contributed by atoms with Crippen molar-refractivity contribution in [3.63, 3.8) is 0 Å². The SMILES string of the molecule is CCCC(CC)Nc1cc(F)c(Br)cc1F. The molecular weight excluding hydrogens is 276 g/mol. The molecule has 0 saturated carbocycles. The third-order valence-corrected chi connectivity index (χ3v) is 3.11. The molecule has 0 fully saturated rings. The number of hydrogen-bond acceptors (Lipinski definition) is 1. The summed E-state index contributed by atoms with van der Waals surface area (Å²) >= 11 is 2.95. The molecule has 0 amide bonds. The van der Waals surface area contributed by atoms with E-state index < -0.39 is 11.6 Å². The van der Waals surface area contributed by atoms with Crippen LogP contribution in [-0.4, -0.2) is 6.04 Å². The Balaban J connectivity index is 2.83. The summed E-state index contributed by atoms with van der Waals surface area (Å²) in [5.74, 6) is -0.877. The van der Waals surface area contributed by atoms with Crippen LogP contribution in [0, 0.1) is 11.6 Å². The number of rotatable bonds is 5. The van der Waals surface area contributed by atoms with Crippen molar-refractivity contribution in [3.8, 4) is 0 Å². The molecule has 0 radical (unpaired) electrons. The second-order valence-electron chi connectivity index (χ2n) is 3.78. The summed E-state index contributed by atoms with van der Waals surface area (Å²) < 4.78 is 26.9. The van der Waals surface area contributed by atoms with E-state index in [2.05, 4.69) is 28.2 Å². The molecule has 0 heterocycles. The van der Waals surface area contributed by atoms with E-state index in [1.165, 1.54) is 6.07 Å². The molecule has 1 rings (SSSR count). The van der Waals surface area contributed by atoms with E-state index in [0.717, 1.165) is 25.3 Å². The Bertz CT molecular complexity index is 355. The van der Waals surface area contributed by atoms with Gasteiger partial charge < -0.3 is 5.32 Å². The van der Waals surface area contributed by atoms with Crippen LogP contribution in [0.4, 0.5) is 14.5 Å². The summed E-state index contributed by atoms with van der Waals surface area (Å²) in [4.78, 5) is 0. The average molecular weight is 292 g/mol. The van der Waals surface area contributed by atoms with Gasteiger partial charge in [-0.15, -0.1) is 0 Å². The smallest absolute Gasteiger partial charge is 0.147 e. The summed E-state index contributed by atoms with van der Waals surface area (Å²) in [5.41, 5.74) is 0.237. The van der Waals surface area contributed by atoms with Crippen LogP contribution in [0.3, 0.4) is 0 Å². The van der Waals surface area contributed by atoms with Crippen molar-refractivity contribution in [2.24, 2.45) is 0 Å². The van der Waals surface area contributed by atoms with E-state index in [1.54, 1.807) is 0 Å². The topological polar surface area (TPSA) is 12.0 Å². The fourth-order valence-corrected chi connectivity index (χ4v) is 1.90. The lowest BCUT2D eigenvalue weighted by molar-refractivity contribution is 0.582. The molecule has 1 atom stereocenters. The van der Waals surface area contributed by atoms with Crippen LogP contribution in [0.15, 0.2) is 16.6 Å². The lowest BCUT2D eigenvalue weighted by atomic mass is 10.1. The molecular formula is C12H16BrF2N. The first-order chi connectivity index (χ1) is 7.58. The third kappa shape index (κ3) is 3.44. The van der Waals surface area contributed by atoms with Crippen molar-refractivity contribution in [3.05, 3.63) is 28.2 Å². The molecule has 90 valence electrons. The molecule has 0 aliphatic carbocycles. The molecule has 1 aromatic carbocycles. The van der Waals surface area contributed by atoms with E-state index >= 15 is 0 Å². The zero-order valence-electron chi connectivity index (χ0n) is 9.49. The van der Waals surface area contributed by atoms with Crippen LogP contribution < -0.4 is 5.32 Å². The summed E-state index contributed by atoms with van der Waals surface area (Å²) in [6.45, 7) is 4.10. The Morgan fingerprint density at radius 3 is 2.50 bits per heavy atom. The van der Waals surface area contributed by atoms with Gasteiger partial charge in [-0.1, -0.05) is 20.3 Å². The maximum atomic E-state index is 13.5. The first kappa shape index (κ1) is 13.4. The largest absolute Gasteiger partial charge is 0.380 e. The third-order valence-electron chi connectivity index (χ3n) is 2.50. The number of nitrogens with one attached hydrogen (secondary N) is 1. The van der Waals surface area contributed by atoms with E-state index in [0.29, 0.717) is 0 Å². The summed E-state index contributed by atoms with van der Waals surface area (Å²) in [6, 6.07) is 2.54. The molecule has 0 aliphatic heterocycles. The monoisotopic (exact) mass is 291 g/mol. The predicted octanol–water partition coefficient (Wildman–Crippen LogP) is 4.72. The number of halogens is 3. The molecule has 0 aliphatic rings. The first-order valence-electron chi connectivity index (χ1n) is 5.49. The van der Waals surface area contributed by atoms with Gasteiger partial charge in [0.15, 0.2) is 0 Å². The van der Waals surface area contributed by atoms with E-state index in [-0.39, 0.29) is 16.2 Å². The lowest BCUT2D eigenvalue weighted by Crippen LogP contribution is -2.18. The normalized spacial score (nSPS) is 12.6. The van der Waals surface area contributed by atoms with E-state index in [4.69, 9.17) is 0 Å². The van der Waals surface area contributed by atoms with Gasteiger partial charge in [0.05, 0.1) is 10.2 Å². The highest BCUT2D eigenvalue weighted by molar-refractivity contribution is 9.10. The zero-order valence-corrected chi connectivity index (χ0v) is 11.1. The van der Waals surface area contributed by atoms with Crippen molar-refractivity contribution in [2.75, 3.05) is 5.32 Å². The molecule has 1 unspecified atom stereocenters. The fourth-order valence-electron chi connectivity index (χ4n) is 1.58. The lowest BCUT2D eigenvalue weighted by Gasteiger charge is -2.18. The second kappa shape index (κ2) is 6.18. The van der Waals surface area contributed by atoms with Crippen LogP contribution >= 0.6 is 15.9 Å². The molecule has 0 bridgehead atoms. The molecule has 1 nitrogen and oxygen atoms in total. The molecule has 0 spiro atoms. The van der Waals surface area contributed by atoms with Gasteiger partial charge in [-0.05, 0) is 34.8 Å². The van der Waals surface area contributed by atoms with Gasteiger partial charge in [0.2, 0.25) is 0 Å². The number of hydrogen-bond donors (Lipinski definition) is 1. The van der Waals surface area contributed by atoms with Crippen LogP contribution in [0.5, 0.6) is 0 Å². The van der Waals surface area contributed by atoms with Crippen molar-refractivity contribution in [1.82, 2.24) is 0 Å². The van der Waals surface area contributed by atoms with E-state index in [9.17, 15) is 8.78 Å². The van der Waals surface area contributed by atoms with Crippen LogP contribution in [0.2, 0.25) is 0 Å². The Labute approximate surface area is 103 Å². The van der Waals surface area contributed by atoms with Gasteiger partial charge in [-0.3, -0.25) is 0 Å². The predicted molar refractivity (Wildman–Crippen MR) is 66.7 cm³/mol. The quantitative estimate of drug-likeness (QED) is 0.774. The maximum absolute atomic E-state index is 13.5. The first-order valence-corrected chi connectivity index (χ1v) is 6.28. The highest BCUT2D eigenvalue weighted by Gasteiger charge is 2.11. The Kier molecular flexibility index (Phi) is 5.19. The standard InChI is InChI=1S/C12H16BrF2N/c1-3-5-8(4-2)16-12-7-10(14)9(13)6-11(12)15/h6-8,16H,3-5H2,1-2H3. The Morgan fingerprint density at radius 2 is 1.94 bits per heavy atom. The Morgan fingerprint density at radius 1 is 1.25 bits per heavy atom. The van der Waals surface area contributed by atoms with Crippen molar-refractivity contribution < 1.29 is 8.78 Å². The van der Waals surface area contributed by atoms with Crippen molar-refractivity contribution in [2.45, 2.75) is 39.2 Å². The minimum absolute atomic E-state index is 0.152. The van der Waals surface area contributed by atoms with Gasteiger partial charge in [0.1, 0.15) is 11.6 Å². The van der Waals surface area contributed by atoms with Crippen LogP contribution in [-0.2, 0) is 0 Å². The van der Waals surface area contributed by atoms with E-state index in [1.807, 2.05) is 6.92 Å². The highest BCUT2D eigenvalue weighted by atomic mass is 79.9. The summed E-state index contributed by atoms with van der Waals surface area (Å²) in [5, 5.41) is 3.03. The number of anilines is 1.